The Morgan fingerprint density at radius 3 is 3.09 bits per heavy atom. The summed E-state index contributed by atoms with van der Waals surface area (Å²) >= 11 is 1.15. The monoisotopic (exact) mass is 168 g/mol. The van der Waals surface area contributed by atoms with Gasteiger partial charge in [-0.2, -0.15) is 10.1 Å². The van der Waals surface area contributed by atoms with Crippen molar-refractivity contribution in [3.63, 3.8) is 0 Å². The molecule has 0 saturated heterocycles. The minimum absolute atomic E-state index is 0.0314. The predicted molar refractivity (Wildman–Crippen MR) is 40.5 cm³/mol. The maximum Gasteiger partial charge on any atom is 0.253 e. The van der Waals surface area contributed by atoms with Gasteiger partial charge in [0.25, 0.3) is 5.91 Å². The van der Waals surface area contributed by atoms with Crippen LogP contribution < -0.4 is 5.01 Å². The van der Waals surface area contributed by atoms with Crippen molar-refractivity contribution >= 4 is 28.7 Å². The van der Waals surface area contributed by atoms with Crippen molar-refractivity contribution in [3.05, 3.63) is 6.20 Å². The summed E-state index contributed by atoms with van der Waals surface area (Å²) in [4.78, 5) is 11.0. The highest BCUT2D eigenvalue weighted by Crippen LogP contribution is 2.20. The van der Waals surface area contributed by atoms with Gasteiger partial charge in [-0.25, -0.2) is 0 Å². The fraction of sp³-hybridized carbons (Fsp3) is 0.200. The van der Waals surface area contributed by atoms with Gasteiger partial charge in [0.1, 0.15) is 0 Å². The van der Waals surface area contributed by atoms with Gasteiger partial charge in [-0.3, -0.25) is 4.79 Å². The molecule has 0 spiro atoms. The fourth-order valence-corrected chi connectivity index (χ4v) is 1.29. The first-order valence-electron chi connectivity index (χ1n) is 3.00. The van der Waals surface area contributed by atoms with Crippen molar-refractivity contribution in [1.82, 2.24) is 9.59 Å². The Balaban J connectivity index is 2.30. The lowest BCUT2D eigenvalue weighted by molar-refractivity contribution is -0.116. The van der Waals surface area contributed by atoms with Gasteiger partial charge in [-0.05, 0) is 0 Å². The van der Waals surface area contributed by atoms with Gasteiger partial charge in [0.2, 0.25) is 0 Å². The second-order valence-electron chi connectivity index (χ2n) is 1.96. The molecule has 2 heterocycles. The first-order valence-corrected chi connectivity index (χ1v) is 3.78. The van der Waals surface area contributed by atoms with Crippen molar-refractivity contribution in [1.29, 1.82) is 0 Å². The normalized spacial score (nSPS) is 16.4. The van der Waals surface area contributed by atoms with Crippen LogP contribution in [0.25, 0.3) is 0 Å². The van der Waals surface area contributed by atoms with Crippen LogP contribution in [0.5, 0.6) is 0 Å². The Bertz CT molecular complexity index is 293. The molecule has 0 unspecified atom stereocenters. The van der Waals surface area contributed by atoms with Gasteiger partial charge in [0.05, 0.1) is 12.6 Å². The maximum absolute atomic E-state index is 11.0. The molecular weight excluding hydrogens is 164 g/mol. The quantitative estimate of drug-likeness (QED) is 0.604. The van der Waals surface area contributed by atoms with Crippen LogP contribution in [0, 0.1) is 0 Å². The summed E-state index contributed by atoms with van der Waals surface area (Å²) in [6.07, 6.45) is 3.46. The van der Waals surface area contributed by atoms with Gasteiger partial charge in [0, 0.05) is 17.7 Å². The van der Waals surface area contributed by atoms with Crippen molar-refractivity contribution in [2.75, 3.05) is 5.01 Å². The van der Waals surface area contributed by atoms with Gasteiger partial charge in [-0.15, -0.1) is 5.10 Å². The van der Waals surface area contributed by atoms with Crippen LogP contribution in [0.3, 0.4) is 0 Å². The van der Waals surface area contributed by atoms with Crippen molar-refractivity contribution in [3.8, 4) is 0 Å². The standard InChI is InChI=1S/C5H4N4OS/c10-4-1-2-7-9(4)5-3-6-8-11-5/h2-3H,1H2. The molecule has 56 valence electrons. The molecule has 0 bridgehead atoms. The van der Waals surface area contributed by atoms with E-state index in [1.807, 2.05) is 0 Å². The molecule has 1 aromatic heterocycles. The van der Waals surface area contributed by atoms with E-state index in [4.69, 9.17) is 0 Å². The molecule has 0 aromatic carbocycles. The van der Waals surface area contributed by atoms with E-state index in [1.54, 1.807) is 6.21 Å². The number of aromatic nitrogens is 2. The molecule has 1 aliphatic rings. The first kappa shape index (κ1) is 6.41. The molecule has 1 amide bonds. The third-order valence-corrected chi connectivity index (χ3v) is 1.90. The maximum atomic E-state index is 11.0. The number of hydrazone groups is 1. The van der Waals surface area contributed by atoms with Crippen molar-refractivity contribution < 1.29 is 4.79 Å². The van der Waals surface area contributed by atoms with Crippen LogP contribution in [-0.2, 0) is 4.79 Å². The number of rotatable bonds is 1. The number of carbonyl (C=O) groups excluding carboxylic acids is 1. The highest BCUT2D eigenvalue weighted by molar-refractivity contribution is 7.10. The summed E-state index contributed by atoms with van der Waals surface area (Å²) in [5.41, 5.74) is 0. The lowest BCUT2D eigenvalue weighted by Crippen LogP contribution is -2.18. The molecular formula is C5H4N4OS. The lowest BCUT2D eigenvalue weighted by Gasteiger charge is -2.05. The van der Waals surface area contributed by atoms with Crippen molar-refractivity contribution in [2.45, 2.75) is 6.42 Å². The summed E-state index contributed by atoms with van der Waals surface area (Å²) in [7, 11) is 0. The van der Waals surface area contributed by atoms with Crippen LogP contribution in [0.1, 0.15) is 6.42 Å². The minimum atomic E-state index is -0.0314. The molecule has 5 nitrogen and oxygen atoms in total. The summed E-state index contributed by atoms with van der Waals surface area (Å²) < 4.78 is 3.63. The second-order valence-corrected chi connectivity index (χ2v) is 2.73. The van der Waals surface area contributed by atoms with Crippen LogP contribution in [0.4, 0.5) is 5.00 Å². The predicted octanol–water partition coefficient (Wildman–Crippen LogP) is 0.261. The van der Waals surface area contributed by atoms with Gasteiger partial charge >= 0.3 is 0 Å². The second kappa shape index (κ2) is 2.39. The lowest BCUT2D eigenvalue weighted by atomic mass is 10.4. The van der Waals surface area contributed by atoms with Crippen LogP contribution in [-0.4, -0.2) is 21.7 Å². The molecule has 0 saturated carbocycles. The van der Waals surface area contributed by atoms with E-state index in [1.165, 1.54) is 11.2 Å². The molecule has 0 aliphatic carbocycles. The SMILES string of the molecule is O=C1CC=NN1c1cnns1. The largest absolute Gasteiger partial charge is 0.272 e. The third kappa shape index (κ3) is 1.01. The number of amides is 1. The fourth-order valence-electron chi connectivity index (χ4n) is 0.787. The van der Waals surface area contributed by atoms with E-state index in [9.17, 15) is 4.79 Å². The number of anilines is 1. The Labute approximate surface area is 66.5 Å². The zero-order valence-electron chi connectivity index (χ0n) is 5.47. The summed E-state index contributed by atoms with van der Waals surface area (Å²) in [5.74, 6) is -0.0314. The molecule has 1 aromatic rings. The number of hydrogen-bond donors (Lipinski definition) is 0. The van der Waals surface area contributed by atoms with E-state index < -0.39 is 0 Å². The molecule has 0 N–H and O–H groups in total. The summed E-state index contributed by atoms with van der Waals surface area (Å²) in [6, 6.07) is 0. The first-order chi connectivity index (χ1) is 5.38. The minimum Gasteiger partial charge on any atom is -0.272 e. The highest BCUT2D eigenvalue weighted by atomic mass is 32.1. The Morgan fingerprint density at radius 1 is 1.64 bits per heavy atom. The summed E-state index contributed by atoms with van der Waals surface area (Å²) in [6.45, 7) is 0. The molecule has 6 heteroatoms. The Hall–Kier alpha value is -1.30. The Morgan fingerprint density at radius 2 is 2.55 bits per heavy atom. The van der Waals surface area contributed by atoms with E-state index in [2.05, 4.69) is 14.7 Å². The smallest absolute Gasteiger partial charge is 0.253 e. The molecule has 0 atom stereocenters. The zero-order chi connectivity index (χ0) is 7.68. The van der Waals surface area contributed by atoms with Crippen LogP contribution >= 0.6 is 11.5 Å². The number of nitrogens with zero attached hydrogens (tertiary/aromatic N) is 4. The molecule has 1 aliphatic heterocycles. The van der Waals surface area contributed by atoms with E-state index in [0.717, 1.165) is 11.5 Å². The van der Waals surface area contributed by atoms with Crippen LogP contribution in [0.15, 0.2) is 11.3 Å². The van der Waals surface area contributed by atoms with Gasteiger partial charge < -0.3 is 0 Å². The van der Waals surface area contributed by atoms with Crippen molar-refractivity contribution in [2.24, 2.45) is 5.10 Å². The summed E-state index contributed by atoms with van der Waals surface area (Å²) in [5, 5.41) is 9.43. The molecule has 11 heavy (non-hydrogen) atoms. The van der Waals surface area contributed by atoms with Gasteiger partial charge in [-0.1, -0.05) is 4.49 Å². The third-order valence-electron chi connectivity index (χ3n) is 1.26. The molecule has 0 fully saturated rings. The van der Waals surface area contributed by atoms with E-state index >= 15 is 0 Å². The number of carbonyl (C=O) groups is 1. The zero-order valence-corrected chi connectivity index (χ0v) is 6.28. The highest BCUT2D eigenvalue weighted by Gasteiger charge is 2.19. The average Bonchev–Trinajstić information content (AvgIpc) is 2.55. The average molecular weight is 168 g/mol. The molecule has 0 radical (unpaired) electrons. The van der Waals surface area contributed by atoms with E-state index in [0.29, 0.717) is 11.4 Å². The van der Waals surface area contributed by atoms with Gasteiger partial charge in [0.15, 0.2) is 5.00 Å². The molecule has 2 rings (SSSR count). The Kier molecular flexibility index (Phi) is 1.39. The number of hydrogen-bond acceptors (Lipinski definition) is 5. The van der Waals surface area contributed by atoms with E-state index in [-0.39, 0.29) is 5.91 Å². The topological polar surface area (TPSA) is 58.5 Å². The van der Waals surface area contributed by atoms with Crippen LogP contribution in [0.2, 0.25) is 0 Å².